The van der Waals surface area contributed by atoms with Gasteiger partial charge >= 0.3 is 0 Å². The normalized spacial score (nSPS) is 9.89. The van der Waals surface area contributed by atoms with Crippen molar-refractivity contribution < 1.29 is 9.59 Å². The summed E-state index contributed by atoms with van der Waals surface area (Å²) in [6.45, 7) is 2.30. The Hall–Kier alpha value is -1.55. The summed E-state index contributed by atoms with van der Waals surface area (Å²) in [5, 5.41) is 5.94. The lowest BCUT2D eigenvalue weighted by Crippen LogP contribution is -2.37. The van der Waals surface area contributed by atoms with Crippen LogP contribution in [0.1, 0.15) is 18.9 Å². The largest absolute Gasteiger partial charge is 0.354 e. The number of carbonyl (C=O) groups excluding carboxylic acids is 2. The van der Waals surface area contributed by atoms with Gasteiger partial charge in [0.05, 0.1) is 6.54 Å². The topological polar surface area (TPSA) is 58.2 Å². The highest BCUT2D eigenvalue weighted by Gasteiger charge is 2.03. The van der Waals surface area contributed by atoms with E-state index >= 15 is 0 Å². The third-order valence-electron chi connectivity index (χ3n) is 2.39. The molecular formula is C13H17ClN2O2. The summed E-state index contributed by atoms with van der Waals surface area (Å²) >= 11 is 5.85. The van der Waals surface area contributed by atoms with Crippen LogP contribution >= 0.6 is 11.6 Å². The van der Waals surface area contributed by atoms with Gasteiger partial charge in [0.15, 0.2) is 0 Å². The first-order chi connectivity index (χ1) is 8.61. The smallest absolute Gasteiger partial charge is 0.239 e. The van der Waals surface area contributed by atoms with Gasteiger partial charge in [-0.3, -0.25) is 9.59 Å². The monoisotopic (exact) mass is 268 g/mol. The number of hydrogen-bond donors (Lipinski definition) is 2. The Bertz CT molecular complexity index is 421. The molecule has 0 aliphatic rings. The molecule has 0 saturated heterocycles. The summed E-state index contributed by atoms with van der Waals surface area (Å²) in [4.78, 5) is 22.3. The van der Waals surface area contributed by atoms with Gasteiger partial charge in [-0.05, 0) is 24.1 Å². The Morgan fingerprint density at radius 2 is 2.00 bits per heavy atom. The maximum absolute atomic E-state index is 11.4. The molecule has 0 spiro atoms. The first-order valence-corrected chi connectivity index (χ1v) is 6.27. The third kappa shape index (κ3) is 5.68. The molecule has 0 saturated carbocycles. The predicted octanol–water partition coefficient (Wildman–Crippen LogP) is 1.52. The second-order valence-corrected chi connectivity index (χ2v) is 4.30. The van der Waals surface area contributed by atoms with Gasteiger partial charge in [-0.1, -0.05) is 30.7 Å². The molecule has 1 rings (SSSR count). The number of rotatable bonds is 6. The van der Waals surface area contributed by atoms with Gasteiger partial charge < -0.3 is 10.6 Å². The van der Waals surface area contributed by atoms with E-state index in [0.717, 1.165) is 5.56 Å². The number of hydrogen-bond acceptors (Lipinski definition) is 2. The number of halogens is 1. The zero-order chi connectivity index (χ0) is 13.4. The molecule has 5 heteroatoms. The molecule has 1 aromatic carbocycles. The molecule has 98 valence electrons. The number of benzene rings is 1. The summed E-state index contributed by atoms with van der Waals surface area (Å²) < 4.78 is 0. The van der Waals surface area contributed by atoms with E-state index in [1.54, 1.807) is 6.92 Å². The molecule has 0 aromatic heterocycles. The van der Waals surface area contributed by atoms with Crippen LogP contribution < -0.4 is 10.6 Å². The van der Waals surface area contributed by atoms with Crippen molar-refractivity contribution in [2.75, 3.05) is 13.1 Å². The second kappa shape index (κ2) is 7.71. The van der Waals surface area contributed by atoms with Crippen molar-refractivity contribution in [1.82, 2.24) is 10.6 Å². The minimum Gasteiger partial charge on any atom is -0.354 e. The molecule has 2 N–H and O–H groups in total. The maximum atomic E-state index is 11.4. The van der Waals surface area contributed by atoms with Crippen molar-refractivity contribution >= 4 is 23.4 Å². The minimum absolute atomic E-state index is 0.0300. The third-order valence-corrected chi connectivity index (χ3v) is 2.63. The number of nitrogens with one attached hydrogen (secondary N) is 2. The van der Waals surface area contributed by atoms with Gasteiger partial charge in [0.25, 0.3) is 0 Å². The van der Waals surface area contributed by atoms with E-state index in [0.29, 0.717) is 24.4 Å². The van der Waals surface area contributed by atoms with Crippen molar-refractivity contribution in [3.8, 4) is 0 Å². The predicted molar refractivity (Wildman–Crippen MR) is 71.5 cm³/mol. The summed E-state index contributed by atoms with van der Waals surface area (Å²) in [5.74, 6) is -0.307. The van der Waals surface area contributed by atoms with Crippen LogP contribution in [0.15, 0.2) is 24.3 Å². The fourth-order valence-corrected chi connectivity index (χ4v) is 1.62. The fraction of sp³-hybridized carbons (Fsp3) is 0.385. The van der Waals surface area contributed by atoms with Crippen LogP contribution in [-0.2, 0) is 16.0 Å². The van der Waals surface area contributed by atoms with Gasteiger partial charge in [0.2, 0.25) is 11.8 Å². The molecule has 0 heterocycles. The van der Waals surface area contributed by atoms with E-state index in [1.165, 1.54) is 0 Å². The lowest BCUT2D eigenvalue weighted by Gasteiger charge is -2.06. The highest BCUT2D eigenvalue weighted by molar-refractivity contribution is 6.30. The zero-order valence-corrected chi connectivity index (χ0v) is 11.1. The summed E-state index contributed by atoms with van der Waals surface area (Å²) in [5.41, 5.74) is 1.07. The first-order valence-electron chi connectivity index (χ1n) is 5.89. The van der Waals surface area contributed by atoms with Gasteiger partial charge in [0, 0.05) is 18.0 Å². The molecule has 18 heavy (non-hydrogen) atoms. The van der Waals surface area contributed by atoms with E-state index in [2.05, 4.69) is 10.6 Å². The average Bonchev–Trinajstić information content (AvgIpc) is 2.36. The zero-order valence-electron chi connectivity index (χ0n) is 10.3. The van der Waals surface area contributed by atoms with Crippen LogP contribution in [0.3, 0.4) is 0 Å². The second-order valence-electron chi connectivity index (χ2n) is 3.86. The lowest BCUT2D eigenvalue weighted by atomic mass is 10.1. The van der Waals surface area contributed by atoms with Crippen LogP contribution in [0.4, 0.5) is 0 Å². The molecule has 0 atom stereocenters. The Balaban J connectivity index is 2.21. The molecule has 0 fully saturated rings. The fourth-order valence-electron chi connectivity index (χ4n) is 1.41. The molecule has 0 unspecified atom stereocenters. The van der Waals surface area contributed by atoms with Crippen LogP contribution in [-0.4, -0.2) is 24.9 Å². The van der Waals surface area contributed by atoms with Crippen LogP contribution in [0.25, 0.3) is 0 Å². The lowest BCUT2D eigenvalue weighted by molar-refractivity contribution is -0.125. The maximum Gasteiger partial charge on any atom is 0.239 e. The van der Waals surface area contributed by atoms with Crippen molar-refractivity contribution in [2.24, 2.45) is 0 Å². The van der Waals surface area contributed by atoms with Crippen molar-refractivity contribution in [3.05, 3.63) is 34.9 Å². The molecule has 0 aliphatic carbocycles. The molecule has 0 aliphatic heterocycles. The van der Waals surface area contributed by atoms with Crippen molar-refractivity contribution in [2.45, 2.75) is 19.8 Å². The van der Waals surface area contributed by atoms with E-state index in [-0.39, 0.29) is 18.4 Å². The van der Waals surface area contributed by atoms with Gasteiger partial charge in [-0.2, -0.15) is 0 Å². The molecular weight excluding hydrogens is 252 g/mol. The van der Waals surface area contributed by atoms with E-state index in [4.69, 9.17) is 11.6 Å². The van der Waals surface area contributed by atoms with Gasteiger partial charge in [-0.25, -0.2) is 0 Å². The first kappa shape index (κ1) is 14.5. The molecule has 0 radical (unpaired) electrons. The van der Waals surface area contributed by atoms with Crippen molar-refractivity contribution in [3.63, 3.8) is 0 Å². The Labute approximate surface area is 112 Å². The van der Waals surface area contributed by atoms with E-state index in [1.807, 2.05) is 24.3 Å². The van der Waals surface area contributed by atoms with Crippen LogP contribution in [0, 0.1) is 0 Å². The molecule has 4 nitrogen and oxygen atoms in total. The minimum atomic E-state index is -0.182. The number of amides is 2. The van der Waals surface area contributed by atoms with Crippen LogP contribution in [0.5, 0.6) is 0 Å². The molecule has 0 bridgehead atoms. The number of carbonyl (C=O) groups is 2. The molecule has 1 aromatic rings. The average molecular weight is 269 g/mol. The SMILES string of the molecule is CCC(=O)NCC(=O)NCCc1cccc(Cl)c1. The molecule has 2 amide bonds. The van der Waals surface area contributed by atoms with E-state index in [9.17, 15) is 9.59 Å². The highest BCUT2D eigenvalue weighted by atomic mass is 35.5. The summed E-state index contributed by atoms with van der Waals surface area (Å²) in [6, 6.07) is 7.51. The Kier molecular flexibility index (Phi) is 6.22. The van der Waals surface area contributed by atoms with E-state index < -0.39 is 0 Å². The highest BCUT2D eigenvalue weighted by Crippen LogP contribution is 2.10. The summed E-state index contributed by atoms with van der Waals surface area (Å²) in [7, 11) is 0. The van der Waals surface area contributed by atoms with Gasteiger partial charge in [-0.15, -0.1) is 0 Å². The van der Waals surface area contributed by atoms with Gasteiger partial charge in [0.1, 0.15) is 0 Å². The Morgan fingerprint density at radius 3 is 2.67 bits per heavy atom. The van der Waals surface area contributed by atoms with Crippen molar-refractivity contribution in [1.29, 1.82) is 0 Å². The standard InChI is InChI=1S/C13H17ClN2O2/c1-2-12(17)16-9-13(18)15-7-6-10-4-3-5-11(14)8-10/h3-5,8H,2,6-7,9H2,1H3,(H,15,18)(H,16,17). The quantitative estimate of drug-likeness (QED) is 0.822. The van der Waals surface area contributed by atoms with Crippen LogP contribution in [0.2, 0.25) is 5.02 Å². The Morgan fingerprint density at radius 1 is 1.22 bits per heavy atom. The summed E-state index contributed by atoms with van der Waals surface area (Å²) in [6.07, 6.45) is 1.10.